The van der Waals surface area contributed by atoms with Gasteiger partial charge in [-0.1, -0.05) is 0 Å². The van der Waals surface area contributed by atoms with Gasteiger partial charge in [-0.15, -0.1) is 0 Å². The molecule has 2 aromatic rings. The maximum absolute atomic E-state index is 9.16. The maximum atomic E-state index is 9.16. The Morgan fingerprint density at radius 2 is 1.86 bits per heavy atom. The molecule has 5 heteroatoms. The van der Waals surface area contributed by atoms with Crippen LogP contribution in [0, 0.1) is 11.3 Å². The van der Waals surface area contributed by atoms with Crippen molar-refractivity contribution >= 4 is 11.4 Å². The third-order valence-electron chi connectivity index (χ3n) is 3.04. The number of methoxy groups -OCH3 is 1. The van der Waals surface area contributed by atoms with Crippen LogP contribution in [0.4, 0.5) is 11.4 Å². The van der Waals surface area contributed by atoms with Crippen molar-refractivity contribution < 1.29 is 9.47 Å². The Labute approximate surface area is 124 Å². The molecule has 0 atom stereocenters. The molecule has 0 aliphatic carbocycles. The number of rotatable bonds is 4. The molecule has 2 N–H and O–H groups in total. The zero-order valence-corrected chi connectivity index (χ0v) is 12.3. The van der Waals surface area contributed by atoms with Gasteiger partial charge in [-0.25, -0.2) is 0 Å². The van der Waals surface area contributed by atoms with Crippen molar-refractivity contribution in [1.82, 2.24) is 0 Å². The molecule has 0 aliphatic heterocycles. The van der Waals surface area contributed by atoms with Crippen LogP contribution in [0.15, 0.2) is 36.4 Å². The number of ether oxygens (including phenoxy) is 2. The first-order valence-electron chi connectivity index (χ1n) is 6.38. The highest BCUT2D eigenvalue weighted by molar-refractivity contribution is 5.63. The highest BCUT2D eigenvalue weighted by atomic mass is 16.5. The van der Waals surface area contributed by atoms with Crippen molar-refractivity contribution in [3.8, 4) is 23.3 Å². The van der Waals surface area contributed by atoms with Crippen molar-refractivity contribution in [1.29, 1.82) is 5.26 Å². The molecule has 0 amide bonds. The fourth-order valence-electron chi connectivity index (χ4n) is 1.81. The van der Waals surface area contributed by atoms with Gasteiger partial charge in [0.1, 0.15) is 17.6 Å². The molecule has 0 fully saturated rings. The molecule has 21 heavy (non-hydrogen) atoms. The quantitative estimate of drug-likeness (QED) is 0.873. The molecule has 0 unspecified atom stereocenters. The first-order valence-corrected chi connectivity index (χ1v) is 6.38. The van der Waals surface area contributed by atoms with Crippen molar-refractivity contribution in [3.05, 3.63) is 42.0 Å². The monoisotopic (exact) mass is 283 g/mol. The standard InChI is InChI=1S/C16H17N3O2/c1-19(2)12-5-7-14(18)16(8-12)21-15-9-13(20-3)6-4-11(15)10-17/h4-9H,18H2,1-3H3. The molecule has 0 spiro atoms. The Morgan fingerprint density at radius 3 is 2.48 bits per heavy atom. The van der Waals surface area contributed by atoms with Gasteiger partial charge in [-0.05, 0) is 24.3 Å². The smallest absolute Gasteiger partial charge is 0.152 e. The predicted molar refractivity (Wildman–Crippen MR) is 83.0 cm³/mol. The lowest BCUT2D eigenvalue weighted by Gasteiger charge is -2.16. The number of hydrogen-bond donors (Lipinski definition) is 1. The largest absolute Gasteiger partial charge is 0.497 e. The molecule has 0 bridgehead atoms. The van der Waals surface area contributed by atoms with Crippen molar-refractivity contribution in [2.24, 2.45) is 0 Å². The van der Waals surface area contributed by atoms with Crippen LogP contribution in [0.3, 0.4) is 0 Å². The summed E-state index contributed by atoms with van der Waals surface area (Å²) < 4.78 is 11.0. The van der Waals surface area contributed by atoms with Crippen LogP contribution in [-0.2, 0) is 0 Å². The maximum Gasteiger partial charge on any atom is 0.152 e. The highest BCUT2D eigenvalue weighted by Crippen LogP contribution is 2.34. The molecule has 108 valence electrons. The van der Waals surface area contributed by atoms with Gasteiger partial charge in [0.05, 0.1) is 18.4 Å². The third kappa shape index (κ3) is 3.18. The molecule has 0 radical (unpaired) electrons. The minimum absolute atomic E-state index is 0.416. The van der Waals surface area contributed by atoms with Crippen LogP contribution in [0.25, 0.3) is 0 Å². The lowest BCUT2D eigenvalue weighted by Crippen LogP contribution is -2.08. The van der Waals surface area contributed by atoms with E-state index in [1.165, 1.54) is 0 Å². The van der Waals surface area contributed by atoms with Crippen molar-refractivity contribution in [2.45, 2.75) is 0 Å². The van der Waals surface area contributed by atoms with E-state index in [2.05, 4.69) is 6.07 Å². The van der Waals surface area contributed by atoms with Gasteiger partial charge in [0.15, 0.2) is 5.75 Å². The van der Waals surface area contributed by atoms with Gasteiger partial charge in [0.2, 0.25) is 0 Å². The summed E-state index contributed by atoms with van der Waals surface area (Å²) in [4.78, 5) is 1.95. The van der Waals surface area contributed by atoms with Crippen LogP contribution >= 0.6 is 0 Å². The predicted octanol–water partition coefficient (Wildman–Crippen LogP) is 3.01. The Bertz CT molecular complexity index is 690. The second-order valence-electron chi connectivity index (χ2n) is 4.69. The first kappa shape index (κ1) is 14.5. The Kier molecular flexibility index (Phi) is 4.19. The van der Waals surface area contributed by atoms with Gasteiger partial charge < -0.3 is 20.1 Å². The average molecular weight is 283 g/mol. The molecule has 0 saturated heterocycles. The SMILES string of the molecule is COc1ccc(C#N)c(Oc2cc(N(C)C)ccc2N)c1. The Balaban J connectivity index is 2.42. The van der Waals surface area contributed by atoms with Crippen LogP contribution in [0.5, 0.6) is 17.2 Å². The average Bonchev–Trinajstić information content (AvgIpc) is 2.49. The lowest BCUT2D eigenvalue weighted by atomic mass is 10.2. The van der Waals surface area contributed by atoms with E-state index in [-0.39, 0.29) is 0 Å². The minimum Gasteiger partial charge on any atom is -0.497 e. The molecule has 0 saturated carbocycles. The van der Waals surface area contributed by atoms with E-state index in [4.69, 9.17) is 20.5 Å². The fraction of sp³-hybridized carbons (Fsp3) is 0.188. The van der Waals surface area contributed by atoms with Gasteiger partial charge in [0.25, 0.3) is 0 Å². The Morgan fingerprint density at radius 1 is 1.10 bits per heavy atom. The number of anilines is 2. The van der Waals surface area contributed by atoms with Crippen LogP contribution < -0.4 is 20.1 Å². The van der Waals surface area contributed by atoms with E-state index in [9.17, 15) is 0 Å². The molecule has 2 aromatic carbocycles. The number of nitriles is 1. The summed E-state index contributed by atoms with van der Waals surface area (Å²) in [7, 11) is 5.43. The number of nitrogens with two attached hydrogens (primary N) is 1. The summed E-state index contributed by atoms with van der Waals surface area (Å²) in [6.45, 7) is 0. The highest BCUT2D eigenvalue weighted by Gasteiger charge is 2.10. The van der Waals surface area contributed by atoms with Gasteiger partial charge in [0, 0.05) is 31.9 Å². The second kappa shape index (κ2) is 6.06. The third-order valence-corrected chi connectivity index (χ3v) is 3.04. The van der Waals surface area contributed by atoms with E-state index in [0.717, 1.165) is 5.69 Å². The first-order chi connectivity index (χ1) is 10.0. The topological polar surface area (TPSA) is 71.5 Å². The number of nitrogens with zero attached hydrogens (tertiary/aromatic N) is 2. The van der Waals surface area contributed by atoms with Crippen LogP contribution in [0.2, 0.25) is 0 Å². The molecule has 2 rings (SSSR count). The number of nitrogen functional groups attached to an aromatic ring is 1. The second-order valence-corrected chi connectivity index (χ2v) is 4.69. The van der Waals surface area contributed by atoms with Gasteiger partial charge >= 0.3 is 0 Å². The zero-order valence-electron chi connectivity index (χ0n) is 12.3. The van der Waals surface area contributed by atoms with Gasteiger partial charge in [-0.3, -0.25) is 0 Å². The van der Waals surface area contributed by atoms with E-state index < -0.39 is 0 Å². The summed E-state index contributed by atoms with van der Waals surface area (Å²) in [6, 6.07) is 12.6. The summed E-state index contributed by atoms with van der Waals surface area (Å²) in [6.07, 6.45) is 0. The summed E-state index contributed by atoms with van der Waals surface area (Å²) >= 11 is 0. The molecule has 0 aromatic heterocycles. The number of benzene rings is 2. The molecule has 0 heterocycles. The van der Waals surface area contributed by atoms with E-state index in [1.807, 2.05) is 31.1 Å². The molecule has 5 nitrogen and oxygen atoms in total. The molecular formula is C16H17N3O2. The van der Waals surface area contributed by atoms with E-state index >= 15 is 0 Å². The minimum atomic E-state index is 0.416. The lowest BCUT2D eigenvalue weighted by molar-refractivity contribution is 0.409. The van der Waals surface area contributed by atoms with Crippen LogP contribution in [-0.4, -0.2) is 21.2 Å². The summed E-state index contributed by atoms with van der Waals surface area (Å²) in [5.74, 6) is 1.54. The summed E-state index contributed by atoms with van der Waals surface area (Å²) in [5.41, 5.74) is 7.83. The van der Waals surface area contributed by atoms with E-state index in [0.29, 0.717) is 28.5 Å². The van der Waals surface area contributed by atoms with Gasteiger partial charge in [-0.2, -0.15) is 5.26 Å². The van der Waals surface area contributed by atoms with E-state index in [1.54, 1.807) is 31.4 Å². The Hall–Kier alpha value is -2.87. The molecular weight excluding hydrogens is 266 g/mol. The van der Waals surface area contributed by atoms with Crippen molar-refractivity contribution in [2.75, 3.05) is 31.8 Å². The van der Waals surface area contributed by atoms with Crippen molar-refractivity contribution in [3.63, 3.8) is 0 Å². The number of hydrogen-bond acceptors (Lipinski definition) is 5. The molecule has 0 aliphatic rings. The zero-order chi connectivity index (χ0) is 15.4. The normalized spacial score (nSPS) is 9.81. The fourth-order valence-corrected chi connectivity index (χ4v) is 1.81. The summed E-state index contributed by atoms with van der Waals surface area (Å²) in [5, 5.41) is 9.16. The van der Waals surface area contributed by atoms with Crippen LogP contribution in [0.1, 0.15) is 5.56 Å².